The van der Waals surface area contributed by atoms with Gasteiger partial charge in [0.15, 0.2) is 0 Å². The van der Waals surface area contributed by atoms with Crippen molar-refractivity contribution in [3.63, 3.8) is 0 Å². The van der Waals surface area contributed by atoms with Gasteiger partial charge in [0.2, 0.25) is 11.8 Å². The Labute approximate surface area is 242 Å². The number of hydrogen-bond acceptors (Lipinski definition) is 4. The van der Waals surface area contributed by atoms with E-state index < -0.39 is 5.97 Å². The van der Waals surface area contributed by atoms with Gasteiger partial charge in [-0.1, -0.05) is 72.8 Å². The third-order valence-corrected chi connectivity index (χ3v) is 9.04. The maximum absolute atomic E-state index is 13.3. The summed E-state index contributed by atoms with van der Waals surface area (Å²) in [6.07, 6.45) is 2.22. The molecule has 7 nitrogen and oxygen atoms in total. The van der Waals surface area contributed by atoms with Gasteiger partial charge in [-0.25, -0.2) is 0 Å². The first-order valence-corrected chi connectivity index (χ1v) is 14.9. The molecule has 2 amide bonds. The summed E-state index contributed by atoms with van der Waals surface area (Å²) in [5.74, 6) is -0.592. The van der Waals surface area contributed by atoms with Crippen molar-refractivity contribution in [2.75, 3.05) is 32.7 Å². The van der Waals surface area contributed by atoms with Crippen LogP contribution in [0.4, 0.5) is 0 Å². The summed E-state index contributed by atoms with van der Waals surface area (Å²) in [7, 11) is 0. The summed E-state index contributed by atoms with van der Waals surface area (Å²) in [5.41, 5.74) is 2.58. The number of nitrogens with one attached hydrogen (secondary N) is 1. The van der Waals surface area contributed by atoms with Crippen molar-refractivity contribution >= 4 is 28.6 Å². The van der Waals surface area contributed by atoms with Gasteiger partial charge in [0.25, 0.3) is 0 Å². The minimum Gasteiger partial charge on any atom is -0.481 e. The summed E-state index contributed by atoms with van der Waals surface area (Å²) in [4.78, 5) is 40.9. The zero-order valence-corrected chi connectivity index (χ0v) is 23.9. The molecule has 0 aliphatic carbocycles. The number of aliphatic carboxylic acids is 1. The molecule has 2 aliphatic rings. The van der Waals surface area contributed by atoms with E-state index in [1.54, 1.807) is 4.90 Å². The smallest absolute Gasteiger partial charge is 0.306 e. The Morgan fingerprint density at radius 2 is 1.46 bits per heavy atom. The standard InChI is InChI=1S/C34H41N3O4/c1-24(29-13-7-11-26-10-5-6-12-31(26)29)35-22-28-23-37(21-18-30(28)25-8-3-2-4-9-25)33(39)15-14-32(38)36-19-16-27(17-20-36)34(40)41/h2-13,24,27-28,30,35H,14-23H2,1H3,(H,40,41)/t24-,28?,30?/m1/s1. The Balaban J connectivity index is 1.21. The van der Waals surface area contributed by atoms with Gasteiger partial charge < -0.3 is 20.2 Å². The number of carbonyl (C=O) groups excluding carboxylic acids is 2. The molecule has 2 N–H and O–H groups in total. The van der Waals surface area contributed by atoms with E-state index in [9.17, 15) is 19.5 Å². The van der Waals surface area contributed by atoms with E-state index >= 15 is 0 Å². The molecule has 0 saturated carbocycles. The Hall–Kier alpha value is -3.71. The summed E-state index contributed by atoms with van der Waals surface area (Å²) in [5, 5.41) is 15.5. The Kier molecular flexibility index (Phi) is 9.35. The molecular weight excluding hydrogens is 514 g/mol. The van der Waals surface area contributed by atoms with E-state index in [0.29, 0.717) is 44.9 Å². The third-order valence-electron chi connectivity index (χ3n) is 9.04. The molecule has 3 aromatic rings. The summed E-state index contributed by atoms with van der Waals surface area (Å²) in [6.45, 7) is 5.24. The van der Waals surface area contributed by atoms with Gasteiger partial charge in [0.05, 0.1) is 5.92 Å². The second-order valence-corrected chi connectivity index (χ2v) is 11.6. The fraction of sp³-hybridized carbons (Fsp3) is 0.441. The first kappa shape index (κ1) is 28.8. The van der Waals surface area contributed by atoms with Crippen molar-refractivity contribution < 1.29 is 19.5 Å². The maximum Gasteiger partial charge on any atom is 0.306 e. The molecule has 2 unspecified atom stereocenters. The molecular formula is C34H41N3O4. The highest BCUT2D eigenvalue weighted by atomic mass is 16.4. The number of likely N-dealkylation sites (tertiary alicyclic amines) is 2. The second kappa shape index (κ2) is 13.3. The number of carboxylic acid groups (broad SMARTS) is 1. The Morgan fingerprint density at radius 1 is 0.829 bits per heavy atom. The molecule has 41 heavy (non-hydrogen) atoms. The number of fused-ring (bicyclic) bond motifs is 1. The lowest BCUT2D eigenvalue weighted by Crippen LogP contribution is -2.46. The molecule has 2 fully saturated rings. The molecule has 0 aromatic heterocycles. The van der Waals surface area contributed by atoms with E-state index in [-0.39, 0.29) is 42.5 Å². The molecule has 2 saturated heterocycles. The normalized spacial score (nSPS) is 20.6. The van der Waals surface area contributed by atoms with Gasteiger partial charge in [-0.05, 0) is 59.9 Å². The molecule has 2 heterocycles. The van der Waals surface area contributed by atoms with Crippen molar-refractivity contribution in [3.05, 3.63) is 83.9 Å². The van der Waals surface area contributed by atoms with Crippen LogP contribution in [0.1, 0.15) is 62.1 Å². The van der Waals surface area contributed by atoms with Crippen LogP contribution in [0.15, 0.2) is 72.8 Å². The average Bonchev–Trinajstić information content (AvgIpc) is 3.02. The molecule has 0 bridgehead atoms. The highest BCUT2D eigenvalue weighted by molar-refractivity contribution is 5.86. The number of carboxylic acids is 1. The quantitative estimate of drug-likeness (QED) is 0.378. The summed E-state index contributed by atoms with van der Waals surface area (Å²) < 4.78 is 0. The van der Waals surface area contributed by atoms with Gasteiger partial charge in [-0.15, -0.1) is 0 Å². The van der Waals surface area contributed by atoms with E-state index in [2.05, 4.69) is 79.0 Å². The zero-order valence-electron chi connectivity index (χ0n) is 23.9. The fourth-order valence-electron chi connectivity index (χ4n) is 6.58. The van der Waals surface area contributed by atoms with Crippen molar-refractivity contribution in [2.24, 2.45) is 11.8 Å². The van der Waals surface area contributed by atoms with Crippen LogP contribution in [-0.2, 0) is 14.4 Å². The van der Waals surface area contributed by atoms with Crippen molar-refractivity contribution in [3.8, 4) is 0 Å². The Bertz CT molecular complexity index is 1350. The van der Waals surface area contributed by atoms with Crippen LogP contribution < -0.4 is 5.32 Å². The average molecular weight is 556 g/mol. The molecule has 3 aromatic carbocycles. The molecule has 3 atom stereocenters. The number of rotatable bonds is 9. The molecule has 2 aliphatic heterocycles. The molecule has 0 spiro atoms. The Morgan fingerprint density at radius 3 is 2.20 bits per heavy atom. The monoisotopic (exact) mass is 555 g/mol. The number of nitrogens with zero attached hydrogens (tertiary/aromatic N) is 2. The highest BCUT2D eigenvalue weighted by Crippen LogP contribution is 2.34. The molecule has 7 heteroatoms. The second-order valence-electron chi connectivity index (χ2n) is 11.6. The van der Waals surface area contributed by atoms with Crippen LogP contribution in [0.5, 0.6) is 0 Å². The van der Waals surface area contributed by atoms with Crippen LogP contribution in [0, 0.1) is 11.8 Å². The van der Waals surface area contributed by atoms with Crippen LogP contribution in [0.2, 0.25) is 0 Å². The number of carbonyl (C=O) groups is 3. The van der Waals surface area contributed by atoms with Crippen LogP contribution in [0.25, 0.3) is 10.8 Å². The van der Waals surface area contributed by atoms with E-state index in [1.165, 1.54) is 21.9 Å². The maximum atomic E-state index is 13.3. The first-order chi connectivity index (χ1) is 19.9. The van der Waals surface area contributed by atoms with Crippen molar-refractivity contribution in [1.82, 2.24) is 15.1 Å². The van der Waals surface area contributed by atoms with E-state index in [4.69, 9.17) is 0 Å². The molecule has 5 rings (SSSR count). The van der Waals surface area contributed by atoms with Gasteiger partial charge in [-0.3, -0.25) is 14.4 Å². The minimum absolute atomic E-state index is 0.0254. The predicted octanol–water partition coefficient (Wildman–Crippen LogP) is 5.23. The van der Waals surface area contributed by atoms with Gasteiger partial charge in [0.1, 0.15) is 0 Å². The van der Waals surface area contributed by atoms with Crippen LogP contribution in [-0.4, -0.2) is 65.4 Å². The third kappa shape index (κ3) is 6.96. The fourth-order valence-corrected chi connectivity index (χ4v) is 6.58. The lowest BCUT2D eigenvalue weighted by atomic mass is 9.80. The van der Waals surface area contributed by atoms with Gasteiger partial charge >= 0.3 is 5.97 Å². The zero-order chi connectivity index (χ0) is 28.8. The van der Waals surface area contributed by atoms with Gasteiger partial charge in [0, 0.05) is 51.6 Å². The lowest BCUT2D eigenvalue weighted by Gasteiger charge is -2.40. The van der Waals surface area contributed by atoms with Crippen molar-refractivity contribution in [1.29, 1.82) is 0 Å². The summed E-state index contributed by atoms with van der Waals surface area (Å²) in [6, 6.07) is 25.7. The number of piperidine rings is 2. The van der Waals surface area contributed by atoms with Crippen molar-refractivity contribution in [2.45, 2.75) is 51.0 Å². The van der Waals surface area contributed by atoms with Crippen LogP contribution in [0.3, 0.4) is 0 Å². The highest BCUT2D eigenvalue weighted by Gasteiger charge is 2.33. The SMILES string of the molecule is C[C@@H](NCC1CN(C(=O)CCC(=O)N2CCC(C(=O)O)CC2)CCC1c1ccccc1)c1cccc2ccccc12. The number of benzene rings is 3. The number of amides is 2. The predicted molar refractivity (Wildman–Crippen MR) is 160 cm³/mol. The first-order valence-electron chi connectivity index (χ1n) is 14.9. The van der Waals surface area contributed by atoms with Crippen LogP contribution >= 0.6 is 0 Å². The van der Waals surface area contributed by atoms with Gasteiger partial charge in [-0.2, -0.15) is 0 Å². The molecule has 216 valence electrons. The lowest BCUT2D eigenvalue weighted by molar-refractivity contribution is -0.146. The van der Waals surface area contributed by atoms with E-state index in [1.807, 2.05) is 11.0 Å². The topological polar surface area (TPSA) is 90.0 Å². The summed E-state index contributed by atoms with van der Waals surface area (Å²) >= 11 is 0. The minimum atomic E-state index is -0.790. The number of hydrogen-bond donors (Lipinski definition) is 2. The molecule has 0 radical (unpaired) electrons. The van der Waals surface area contributed by atoms with E-state index in [0.717, 1.165) is 13.0 Å². The largest absolute Gasteiger partial charge is 0.481 e.